The number of ether oxygens (including phenoxy) is 1. The van der Waals surface area contributed by atoms with Crippen LogP contribution in [-0.2, 0) is 4.74 Å². The minimum Gasteiger partial charge on any atom is -0.872 e. The van der Waals surface area contributed by atoms with Crippen molar-refractivity contribution >= 4 is 55.3 Å². The molecule has 0 amide bonds. The predicted molar refractivity (Wildman–Crippen MR) is 104 cm³/mol. The molecular formula is C21H16CaO11. The number of hydrogen-bond donors (Lipinski definition) is 5. The molecule has 2 aromatic carbocycles. The summed E-state index contributed by atoms with van der Waals surface area (Å²) in [5.74, 6) is -5.55. The van der Waals surface area contributed by atoms with Crippen molar-refractivity contribution in [2.24, 2.45) is 0 Å². The van der Waals surface area contributed by atoms with E-state index in [1.807, 2.05) is 0 Å². The minimum absolute atomic E-state index is 0. The van der Waals surface area contributed by atoms with Gasteiger partial charge in [-0.15, -0.1) is 0 Å². The SMILES string of the molecule is O=C(O)c1cc([O-])c2c(c1)C(=O)c1c([C@@H]3O[C@H](CO)[C@@H](O)[C@H](O)[C@H]3O)ccc([O-])c1C2=O.[Ca+2]. The number of aliphatic hydroxyl groups is 4. The van der Waals surface area contributed by atoms with Gasteiger partial charge in [0.2, 0.25) is 0 Å². The van der Waals surface area contributed by atoms with E-state index in [2.05, 4.69) is 0 Å². The molecule has 11 nitrogen and oxygen atoms in total. The Morgan fingerprint density at radius 1 is 0.909 bits per heavy atom. The fraction of sp³-hybridized carbons (Fsp3) is 0.286. The van der Waals surface area contributed by atoms with E-state index in [1.54, 1.807) is 0 Å². The second kappa shape index (κ2) is 9.28. The van der Waals surface area contributed by atoms with Crippen LogP contribution in [0, 0.1) is 0 Å². The van der Waals surface area contributed by atoms with Gasteiger partial charge >= 0.3 is 43.7 Å². The van der Waals surface area contributed by atoms with E-state index < -0.39 is 94.0 Å². The average Bonchev–Trinajstić information content (AvgIpc) is 2.75. The molecule has 0 bridgehead atoms. The van der Waals surface area contributed by atoms with E-state index in [1.165, 1.54) is 0 Å². The predicted octanol–water partition coefficient (Wildman–Crippen LogP) is -2.56. The van der Waals surface area contributed by atoms with Gasteiger partial charge in [-0.25, -0.2) is 4.79 Å². The Bertz CT molecular complexity index is 1160. The zero-order valence-corrected chi connectivity index (χ0v) is 19.0. The first kappa shape index (κ1) is 25.5. The minimum atomic E-state index is -1.81. The van der Waals surface area contributed by atoms with Crippen molar-refractivity contribution < 1.29 is 54.9 Å². The summed E-state index contributed by atoms with van der Waals surface area (Å²) in [5.41, 5.74) is -3.07. The smallest absolute Gasteiger partial charge is 0.872 e. The van der Waals surface area contributed by atoms with Crippen LogP contribution in [-0.4, -0.2) is 112 Å². The van der Waals surface area contributed by atoms with Crippen molar-refractivity contribution in [1.29, 1.82) is 0 Å². The molecule has 1 saturated heterocycles. The first-order valence-electron chi connectivity index (χ1n) is 9.40. The first-order chi connectivity index (χ1) is 15.1. The van der Waals surface area contributed by atoms with Crippen LogP contribution in [0.4, 0.5) is 0 Å². The van der Waals surface area contributed by atoms with Crippen LogP contribution in [0.3, 0.4) is 0 Å². The Labute approximate surface area is 215 Å². The zero-order chi connectivity index (χ0) is 23.5. The Morgan fingerprint density at radius 2 is 1.58 bits per heavy atom. The molecule has 5 N–H and O–H groups in total. The molecule has 0 spiro atoms. The van der Waals surface area contributed by atoms with E-state index in [4.69, 9.17) is 4.74 Å². The number of carboxylic acid groups (broad SMARTS) is 1. The Hall–Kier alpha value is -2.09. The number of fused-ring (bicyclic) bond motifs is 2. The van der Waals surface area contributed by atoms with Gasteiger partial charge in [0.25, 0.3) is 0 Å². The molecule has 168 valence electrons. The summed E-state index contributed by atoms with van der Waals surface area (Å²) in [4.78, 5) is 37.6. The second-order valence-corrected chi connectivity index (χ2v) is 7.51. The Kier molecular flexibility index (Phi) is 7.18. The van der Waals surface area contributed by atoms with Crippen LogP contribution in [0.25, 0.3) is 0 Å². The maximum absolute atomic E-state index is 13.3. The number of carbonyl (C=O) groups is 3. The summed E-state index contributed by atoms with van der Waals surface area (Å²) in [6.07, 6.45) is -8.14. The quantitative estimate of drug-likeness (QED) is 0.244. The number of aromatic carboxylic acids is 1. The number of benzene rings is 2. The van der Waals surface area contributed by atoms with Crippen molar-refractivity contribution in [3.05, 3.63) is 57.6 Å². The van der Waals surface area contributed by atoms with E-state index in [0.717, 1.165) is 18.2 Å². The van der Waals surface area contributed by atoms with Gasteiger partial charge in [-0.2, -0.15) is 0 Å². The fourth-order valence-electron chi connectivity index (χ4n) is 4.08. The van der Waals surface area contributed by atoms with Gasteiger partial charge in [-0.05, 0) is 11.6 Å². The molecule has 1 aliphatic heterocycles. The van der Waals surface area contributed by atoms with Crippen LogP contribution < -0.4 is 10.2 Å². The van der Waals surface area contributed by atoms with Gasteiger partial charge in [-0.3, -0.25) is 9.59 Å². The van der Waals surface area contributed by atoms with Gasteiger partial charge in [0.15, 0.2) is 11.6 Å². The third kappa shape index (κ3) is 3.94. The summed E-state index contributed by atoms with van der Waals surface area (Å²) in [6.45, 7) is -0.750. The molecule has 4 rings (SSSR count). The summed E-state index contributed by atoms with van der Waals surface area (Å²) in [5, 5.41) is 74.0. The molecule has 0 saturated carbocycles. The molecule has 1 fully saturated rings. The van der Waals surface area contributed by atoms with E-state index in [-0.39, 0.29) is 43.3 Å². The van der Waals surface area contributed by atoms with Crippen molar-refractivity contribution in [3.63, 3.8) is 0 Å². The normalized spacial score (nSPS) is 26.2. The topological polar surface area (TPSA) is 208 Å². The molecule has 1 heterocycles. The Balaban J connectivity index is 0.00000306. The van der Waals surface area contributed by atoms with E-state index >= 15 is 0 Å². The van der Waals surface area contributed by atoms with Crippen molar-refractivity contribution in [3.8, 4) is 11.5 Å². The maximum Gasteiger partial charge on any atom is 2.00 e. The fourth-order valence-corrected chi connectivity index (χ4v) is 4.08. The first-order valence-corrected chi connectivity index (χ1v) is 9.40. The van der Waals surface area contributed by atoms with Crippen molar-refractivity contribution in [1.82, 2.24) is 0 Å². The average molecular weight is 484 g/mol. The van der Waals surface area contributed by atoms with Crippen molar-refractivity contribution in [2.75, 3.05) is 6.61 Å². The van der Waals surface area contributed by atoms with Crippen molar-refractivity contribution in [2.45, 2.75) is 30.5 Å². The number of hydrogen-bond acceptors (Lipinski definition) is 10. The van der Waals surface area contributed by atoms with E-state index in [9.17, 15) is 50.1 Å². The number of rotatable bonds is 3. The van der Waals surface area contributed by atoms with Gasteiger partial charge in [-0.1, -0.05) is 29.7 Å². The van der Waals surface area contributed by atoms with Gasteiger partial charge in [0, 0.05) is 22.3 Å². The molecule has 2 aromatic rings. The zero-order valence-electron chi connectivity index (χ0n) is 16.8. The van der Waals surface area contributed by atoms with Crippen LogP contribution in [0.2, 0.25) is 0 Å². The molecule has 0 unspecified atom stereocenters. The molecule has 0 aromatic heterocycles. The summed E-state index contributed by atoms with van der Waals surface area (Å²) in [6, 6.07) is 3.52. The molecular weight excluding hydrogens is 468 g/mol. The molecule has 12 heteroatoms. The number of carbonyl (C=O) groups excluding carboxylic acids is 2. The van der Waals surface area contributed by atoms with Crippen LogP contribution in [0.1, 0.15) is 53.9 Å². The number of carboxylic acids is 1. The van der Waals surface area contributed by atoms with Gasteiger partial charge in [0.05, 0.1) is 12.2 Å². The molecule has 1 aliphatic carbocycles. The third-order valence-corrected chi connectivity index (χ3v) is 5.67. The largest absolute Gasteiger partial charge is 2.00 e. The Morgan fingerprint density at radius 3 is 2.18 bits per heavy atom. The maximum atomic E-state index is 13.3. The molecule has 5 atom stereocenters. The summed E-state index contributed by atoms with van der Waals surface area (Å²) >= 11 is 0. The van der Waals surface area contributed by atoms with Crippen LogP contribution in [0.5, 0.6) is 11.5 Å². The molecule has 0 radical (unpaired) electrons. The van der Waals surface area contributed by atoms with Gasteiger partial charge < -0.3 is 40.5 Å². The van der Waals surface area contributed by atoms with E-state index in [0.29, 0.717) is 6.07 Å². The number of ketones is 2. The summed E-state index contributed by atoms with van der Waals surface area (Å²) < 4.78 is 5.45. The third-order valence-electron chi connectivity index (χ3n) is 5.67. The summed E-state index contributed by atoms with van der Waals surface area (Å²) in [7, 11) is 0. The monoisotopic (exact) mass is 484 g/mol. The molecule has 2 aliphatic rings. The van der Waals surface area contributed by atoms with Gasteiger partial charge in [0.1, 0.15) is 30.5 Å². The van der Waals surface area contributed by atoms with Crippen LogP contribution >= 0.6 is 0 Å². The molecule has 33 heavy (non-hydrogen) atoms. The number of aliphatic hydroxyl groups excluding tert-OH is 4. The standard InChI is InChI=1S/C21H18O11.Ca/c22-5-11-16(26)18(28)19(29)20(32-11)7-1-2-9(23)14-13(7)15(25)8-3-6(21(30)31)4-10(24)12(8)17(14)27;/h1-4,11,16,18-20,22-24,26,28-29H,5H2,(H,30,31);/q;+2/p-2/t11-,16-,18+,19-,20+;/m1./s1. The second-order valence-electron chi connectivity index (χ2n) is 7.51. The van der Waals surface area contributed by atoms with Crippen LogP contribution in [0.15, 0.2) is 24.3 Å².